The third-order valence-electron chi connectivity index (χ3n) is 8.96. The van der Waals surface area contributed by atoms with Gasteiger partial charge in [0.05, 0.1) is 12.2 Å². The molecule has 10 unspecified atom stereocenters. The van der Waals surface area contributed by atoms with Crippen molar-refractivity contribution in [1.82, 2.24) is 0 Å². The summed E-state index contributed by atoms with van der Waals surface area (Å²) in [5.74, 6) is -1.53. The van der Waals surface area contributed by atoms with Gasteiger partial charge >= 0.3 is 12.7 Å². The van der Waals surface area contributed by atoms with E-state index < -0.39 is 36.8 Å². The Hall–Kier alpha value is -1.16. The molecule has 0 saturated heterocycles. The van der Waals surface area contributed by atoms with E-state index in [0.717, 1.165) is 0 Å². The summed E-state index contributed by atoms with van der Waals surface area (Å²) >= 11 is 0. The van der Waals surface area contributed by atoms with Crippen LogP contribution in [0.25, 0.3) is 0 Å². The second-order valence-electron chi connectivity index (χ2n) is 10.4. The quantitative estimate of drug-likeness (QED) is 0.532. The summed E-state index contributed by atoms with van der Waals surface area (Å²) < 4.78 is 84.2. The molecule has 0 aromatic carbocycles. The Morgan fingerprint density at radius 2 is 0.906 bits per heavy atom. The summed E-state index contributed by atoms with van der Waals surface area (Å²) in [4.78, 5) is 26.2. The fraction of sp³-hybridized carbons (Fsp3) is 0.909. The Morgan fingerprint density at radius 3 is 1.28 bits per heavy atom. The first-order valence-electron chi connectivity index (χ1n) is 11.5. The molecule has 0 spiro atoms. The van der Waals surface area contributed by atoms with Crippen molar-refractivity contribution in [2.24, 2.45) is 47.3 Å². The molecule has 0 heterocycles. The number of alkyl halides is 6. The molecule has 5 aliphatic rings. The van der Waals surface area contributed by atoms with Gasteiger partial charge in [-0.2, -0.15) is 0 Å². The monoisotopic (exact) mass is 468 g/mol. The zero-order chi connectivity index (χ0) is 23.0. The number of fused-ring (bicyclic) bond motifs is 6. The number of halogens is 6. The van der Waals surface area contributed by atoms with Crippen LogP contribution in [-0.4, -0.2) is 36.5 Å². The highest BCUT2D eigenvalue weighted by molar-refractivity contribution is 5.90. The molecule has 5 saturated carbocycles. The molecule has 180 valence electrons. The largest absolute Gasteiger partial charge is 0.522 e. The molecular weight excluding hydrogens is 442 g/mol. The highest BCUT2D eigenvalue weighted by atomic mass is 19.4. The van der Waals surface area contributed by atoms with E-state index in [4.69, 9.17) is 0 Å². The van der Waals surface area contributed by atoms with Crippen LogP contribution in [-0.2, 0) is 19.1 Å². The molecular formula is C22H26F6O4. The lowest BCUT2D eigenvalue weighted by molar-refractivity contribution is -0.347. The van der Waals surface area contributed by atoms with Crippen molar-refractivity contribution in [1.29, 1.82) is 0 Å². The summed E-state index contributed by atoms with van der Waals surface area (Å²) in [7, 11) is 0. The van der Waals surface area contributed by atoms with E-state index in [1.54, 1.807) is 0 Å². The molecule has 0 radical (unpaired) electrons. The average Bonchev–Trinajstić information content (AvgIpc) is 3.10. The third-order valence-corrected chi connectivity index (χ3v) is 8.96. The normalized spacial score (nSPS) is 46.4. The van der Waals surface area contributed by atoms with Crippen molar-refractivity contribution in [3.8, 4) is 0 Å². The molecule has 0 bridgehead atoms. The van der Waals surface area contributed by atoms with Gasteiger partial charge in [0, 0.05) is 23.7 Å². The topological polar surface area (TPSA) is 52.6 Å². The lowest BCUT2D eigenvalue weighted by Gasteiger charge is -2.40. The minimum absolute atomic E-state index is 0.0144. The second-order valence-corrected chi connectivity index (χ2v) is 10.4. The summed E-state index contributed by atoms with van der Waals surface area (Å²) in [5, 5.41) is 0. The number of ketones is 2. The van der Waals surface area contributed by atoms with Crippen LogP contribution >= 0.6 is 0 Å². The Bertz CT molecular complexity index is 717. The van der Waals surface area contributed by atoms with Gasteiger partial charge in [0.15, 0.2) is 0 Å². The molecule has 10 atom stereocenters. The first-order valence-corrected chi connectivity index (χ1v) is 11.5. The van der Waals surface area contributed by atoms with Crippen LogP contribution < -0.4 is 0 Å². The fourth-order valence-electron chi connectivity index (χ4n) is 8.00. The van der Waals surface area contributed by atoms with E-state index >= 15 is 0 Å². The lowest BCUT2D eigenvalue weighted by atomic mass is 9.64. The van der Waals surface area contributed by atoms with Crippen molar-refractivity contribution in [2.45, 2.75) is 76.3 Å². The van der Waals surface area contributed by atoms with E-state index in [-0.39, 0.29) is 72.8 Å². The van der Waals surface area contributed by atoms with Gasteiger partial charge in [-0.3, -0.25) is 19.1 Å². The van der Waals surface area contributed by atoms with Crippen LogP contribution in [0.3, 0.4) is 0 Å². The third kappa shape index (κ3) is 3.99. The molecule has 0 amide bonds. The predicted octanol–water partition coefficient (Wildman–Crippen LogP) is 5.05. The number of Topliss-reactive ketones (excluding diaryl/α,β-unsaturated/α-hetero) is 2. The van der Waals surface area contributed by atoms with E-state index in [9.17, 15) is 35.9 Å². The SMILES string of the molecule is O=C1C2CC(OC(F)(F)F)CCC2C2CC3C(CC12)C(=O)C1CC(OC(F)(F)F)CCC13. The van der Waals surface area contributed by atoms with E-state index in [1.807, 2.05) is 0 Å². The first-order chi connectivity index (χ1) is 14.9. The van der Waals surface area contributed by atoms with Crippen LogP contribution in [0.4, 0.5) is 26.3 Å². The van der Waals surface area contributed by atoms with Crippen LogP contribution in [0.15, 0.2) is 0 Å². The summed E-state index contributed by atoms with van der Waals surface area (Å²) in [6, 6.07) is 0. The minimum Gasteiger partial charge on any atom is -0.299 e. The number of ether oxygens (including phenoxy) is 2. The Balaban J connectivity index is 1.28. The molecule has 5 rings (SSSR count). The minimum atomic E-state index is -4.72. The molecule has 0 aromatic rings. The molecule has 32 heavy (non-hydrogen) atoms. The van der Waals surface area contributed by atoms with Gasteiger partial charge in [-0.25, -0.2) is 0 Å². The number of rotatable bonds is 2. The summed E-state index contributed by atoms with van der Waals surface area (Å²) in [6.07, 6.45) is -8.74. The molecule has 5 aliphatic carbocycles. The molecule has 0 aromatic heterocycles. The highest BCUT2D eigenvalue weighted by Gasteiger charge is 2.61. The van der Waals surface area contributed by atoms with Crippen LogP contribution in [0, 0.1) is 47.3 Å². The van der Waals surface area contributed by atoms with Crippen LogP contribution in [0.5, 0.6) is 0 Å². The van der Waals surface area contributed by atoms with Gasteiger partial charge in [0.25, 0.3) is 0 Å². The van der Waals surface area contributed by atoms with E-state index in [1.165, 1.54) is 0 Å². The van der Waals surface area contributed by atoms with E-state index in [0.29, 0.717) is 25.7 Å². The fourth-order valence-corrected chi connectivity index (χ4v) is 8.00. The number of carbonyl (C=O) groups excluding carboxylic acids is 2. The van der Waals surface area contributed by atoms with Crippen LogP contribution in [0.1, 0.15) is 51.4 Å². The molecule has 4 nitrogen and oxygen atoms in total. The number of hydrogen-bond donors (Lipinski definition) is 0. The maximum absolute atomic E-state index is 13.1. The standard InChI is InChI=1S/C22H26F6O4/c23-21(24,25)31-9-1-3-11-13-7-14-12-4-2-10(32-22(26,27)28)6-16(12)20(30)18(14)8-17(13)19(29)15(11)5-9/h9-18H,1-8H2. The number of hydrogen-bond acceptors (Lipinski definition) is 4. The van der Waals surface area contributed by atoms with E-state index in [2.05, 4.69) is 9.47 Å². The average molecular weight is 468 g/mol. The zero-order valence-electron chi connectivity index (χ0n) is 17.3. The van der Waals surface area contributed by atoms with Gasteiger partial charge in [-0.15, -0.1) is 26.3 Å². The highest BCUT2D eigenvalue weighted by Crippen LogP contribution is 2.61. The lowest BCUT2D eigenvalue weighted by Crippen LogP contribution is -2.37. The van der Waals surface area contributed by atoms with Gasteiger partial charge < -0.3 is 0 Å². The molecule has 0 aliphatic heterocycles. The smallest absolute Gasteiger partial charge is 0.299 e. The Labute approximate surface area is 181 Å². The van der Waals surface area contributed by atoms with Gasteiger partial charge in [-0.05, 0) is 75.0 Å². The van der Waals surface area contributed by atoms with Gasteiger partial charge in [0.2, 0.25) is 0 Å². The van der Waals surface area contributed by atoms with Crippen molar-refractivity contribution >= 4 is 11.6 Å². The maximum Gasteiger partial charge on any atom is 0.522 e. The summed E-state index contributed by atoms with van der Waals surface area (Å²) in [6.45, 7) is 0. The van der Waals surface area contributed by atoms with Crippen molar-refractivity contribution in [2.75, 3.05) is 0 Å². The molecule has 5 fully saturated rings. The Morgan fingerprint density at radius 1 is 0.531 bits per heavy atom. The van der Waals surface area contributed by atoms with Crippen LogP contribution in [0.2, 0.25) is 0 Å². The van der Waals surface area contributed by atoms with Crippen molar-refractivity contribution in [3.05, 3.63) is 0 Å². The summed E-state index contributed by atoms with van der Waals surface area (Å²) in [5.41, 5.74) is 0. The Kier molecular flexibility index (Phi) is 5.43. The van der Waals surface area contributed by atoms with Crippen molar-refractivity contribution < 1.29 is 45.4 Å². The zero-order valence-corrected chi connectivity index (χ0v) is 17.3. The van der Waals surface area contributed by atoms with Gasteiger partial charge in [0.1, 0.15) is 11.6 Å². The molecule has 10 heteroatoms. The number of carbonyl (C=O) groups is 2. The second kappa shape index (κ2) is 7.68. The maximum atomic E-state index is 13.1. The predicted molar refractivity (Wildman–Crippen MR) is 96.7 cm³/mol. The van der Waals surface area contributed by atoms with Gasteiger partial charge in [-0.1, -0.05) is 0 Å². The molecule has 0 N–H and O–H groups in total. The van der Waals surface area contributed by atoms with Crippen molar-refractivity contribution in [3.63, 3.8) is 0 Å². The first kappa shape index (κ1) is 22.6.